The average Bonchev–Trinajstić information content (AvgIpc) is 2.77. The molecule has 1 saturated heterocycles. The zero-order chi connectivity index (χ0) is 11.8. The number of ether oxygens (including phenoxy) is 1. The highest BCUT2D eigenvalue weighted by Gasteiger charge is 2.39. The predicted molar refractivity (Wildman–Crippen MR) is 72.1 cm³/mol. The Labute approximate surface area is 110 Å². The number of hydrogen-bond acceptors (Lipinski definition) is 3. The Kier molecular flexibility index (Phi) is 3.74. The van der Waals surface area contributed by atoms with Crippen LogP contribution in [0.1, 0.15) is 36.2 Å². The summed E-state index contributed by atoms with van der Waals surface area (Å²) in [6, 6.07) is 2.55. The first-order chi connectivity index (χ1) is 7.57. The number of likely N-dealkylation sites (N-methyl/N-ethyl adjacent to an activating group) is 1. The van der Waals surface area contributed by atoms with Crippen molar-refractivity contribution in [3.63, 3.8) is 0 Å². The molecule has 1 aliphatic rings. The highest BCUT2D eigenvalue weighted by molar-refractivity contribution is 9.11. The maximum absolute atomic E-state index is 5.93. The van der Waals surface area contributed by atoms with Gasteiger partial charge in [0, 0.05) is 11.5 Å². The van der Waals surface area contributed by atoms with E-state index >= 15 is 0 Å². The van der Waals surface area contributed by atoms with E-state index in [-0.39, 0.29) is 5.60 Å². The molecule has 1 aliphatic heterocycles. The summed E-state index contributed by atoms with van der Waals surface area (Å²) in [4.78, 5) is 1.36. The Morgan fingerprint density at radius 1 is 1.62 bits per heavy atom. The van der Waals surface area contributed by atoms with E-state index in [4.69, 9.17) is 4.74 Å². The molecule has 1 N–H and O–H groups in total. The minimum Gasteiger partial charge on any atom is -0.373 e. The molecular weight excluding hydrogens is 286 g/mol. The minimum atomic E-state index is -0.0501. The van der Waals surface area contributed by atoms with Crippen molar-refractivity contribution < 1.29 is 4.74 Å². The van der Waals surface area contributed by atoms with Gasteiger partial charge >= 0.3 is 0 Å². The molecule has 2 nitrogen and oxygen atoms in total. The molecule has 2 atom stereocenters. The van der Waals surface area contributed by atoms with Gasteiger partial charge in [0.15, 0.2) is 0 Å². The Bertz CT molecular complexity index is 352. The van der Waals surface area contributed by atoms with Crippen LogP contribution < -0.4 is 5.32 Å². The number of rotatable bonds is 3. The van der Waals surface area contributed by atoms with Crippen molar-refractivity contribution in [3.05, 3.63) is 20.3 Å². The van der Waals surface area contributed by atoms with Gasteiger partial charge in [-0.25, -0.2) is 0 Å². The Morgan fingerprint density at radius 3 is 2.81 bits per heavy atom. The molecule has 0 saturated carbocycles. The topological polar surface area (TPSA) is 21.3 Å². The van der Waals surface area contributed by atoms with Crippen LogP contribution in [-0.4, -0.2) is 19.3 Å². The third-order valence-electron chi connectivity index (χ3n) is 3.31. The van der Waals surface area contributed by atoms with Crippen LogP contribution in [-0.2, 0) is 4.74 Å². The van der Waals surface area contributed by atoms with Crippen molar-refractivity contribution in [2.45, 2.75) is 38.3 Å². The van der Waals surface area contributed by atoms with Crippen LogP contribution in [0.2, 0.25) is 0 Å². The van der Waals surface area contributed by atoms with E-state index in [0.717, 1.165) is 13.0 Å². The summed E-state index contributed by atoms with van der Waals surface area (Å²) >= 11 is 5.40. The zero-order valence-electron chi connectivity index (χ0n) is 9.97. The fraction of sp³-hybridized carbons (Fsp3) is 0.667. The number of halogens is 1. The largest absolute Gasteiger partial charge is 0.373 e. The highest BCUT2D eigenvalue weighted by atomic mass is 79.9. The van der Waals surface area contributed by atoms with Gasteiger partial charge in [0.2, 0.25) is 0 Å². The van der Waals surface area contributed by atoms with Gasteiger partial charge in [0.05, 0.1) is 15.4 Å². The quantitative estimate of drug-likeness (QED) is 0.920. The summed E-state index contributed by atoms with van der Waals surface area (Å²) < 4.78 is 7.15. The van der Waals surface area contributed by atoms with E-state index in [0.29, 0.717) is 6.04 Å². The Morgan fingerprint density at radius 2 is 2.38 bits per heavy atom. The molecule has 0 radical (unpaired) electrons. The normalized spacial score (nSPS) is 27.2. The van der Waals surface area contributed by atoms with Crippen LogP contribution in [0.25, 0.3) is 0 Å². The van der Waals surface area contributed by atoms with Gasteiger partial charge in [0.1, 0.15) is 0 Å². The Hall–Kier alpha value is 0.1000. The van der Waals surface area contributed by atoms with Gasteiger partial charge in [0.25, 0.3) is 0 Å². The molecule has 1 aromatic rings. The fourth-order valence-corrected chi connectivity index (χ4v) is 4.23. The summed E-state index contributed by atoms with van der Waals surface area (Å²) in [5, 5.41) is 3.41. The first kappa shape index (κ1) is 12.6. The predicted octanol–water partition coefficient (Wildman–Crippen LogP) is 3.65. The molecule has 2 heterocycles. The fourth-order valence-electron chi connectivity index (χ4n) is 2.40. The van der Waals surface area contributed by atoms with Crippen molar-refractivity contribution in [3.8, 4) is 0 Å². The summed E-state index contributed by atoms with van der Waals surface area (Å²) in [5.74, 6) is 0. The van der Waals surface area contributed by atoms with E-state index in [2.05, 4.69) is 41.2 Å². The van der Waals surface area contributed by atoms with Gasteiger partial charge < -0.3 is 10.1 Å². The SMILES string of the molecule is CNC(c1cc(C)c(Br)s1)C1(C)CCCO1. The van der Waals surface area contributed by atoms with Crippen molar-refractivity contribution in [2.75, 3.05) is 13.7 Å². The van der Waals surface area contributed by atoms with Crippen LogP contribution in [0, 0.1) is 6.92 Å². The van der Waals surface area contributed by atoms with Crippen LogP contribution in [0.15, 0.2) is 9.85 Å². The molecule has 0 aromatic carbocycles. The van der Waals surface area contributed by atoms with Crippen LogP contribution >= 0.6 is 27.3 Å². The third kappa shape index (κ3) is 2.21. The van der Waals surface area contributed by atoms with Gasteiger partial charge in [-0.3, -0.25) is 0 Å². The van der Waals surface area contributed by atoms with Gasteiger partial charge in [-0.15, -0.1) is 11.3 Å². The monoisotopic (exact) mass is 303 g/mol. The second kappa shape index (κ2) is 4.77. The molecule has 4 heteroatoms. The number of hydrogen-bond donors (Lipinski definition) is 1. The molecule has 90 valence electrons. The standard InChI is InChI=1S/C12H18BrNOS/c1-8-7-9(16-11(8)13)10(14-3)12(2)5-4-6-15-12/h7,10,14H,4-6H2,1-3H3. The molecule has 2 rings (SSSR count). The molecule has 1 aromatic heterocycles. The zero-order valence-corrected chi connectivity index (χ0v) is 12.4. The van der Waals surface area contributed by atoms with E-state index in [1.165, 1.54) is 20.6 Å². The maximum atomic E-state index is 5.93. The van der Waals surface area contributed by atoms with E-state index in [1.807, 2.05) is 7.05 Å². The van der Waals surface area contributed by atoms with E-state index in [1.54, 1.807) is 11.3 Å². The highest BCUT2D eigenvalue weighted by Crippen LogP contribution is 2.41. The van der Waals surface area contributed by atoms with Gasteiger partial charge in [-0.2, -0.15) is 0 Å². The first-order valence-electron chi connectivity index (χ1n) is 5.64. The smallest absolute Gasteiger partial charge is 0.0857 e. The third-order valence-corrected chi connectivity index (χ3v) is 5.51. The second-order valence-electron chi connectivity index (χ2n) is 4.59. The maximum Gasteiger partial charge on any atom is 0.0857 e. The van der Waals surface area contributed by atoms with E-state index < -0.39 is 0 Å². The Balaban J connectivity index is 2.28. The molecule has 1 fully saturated rings. The minimum absolute atomic E-state index is 0.0501. The molecule has 2 unspecified atom stereocenters. The van der Waals surface area contributed by atoms with Crippen molar-refractivity contribution >= 4 is 27.3 Å². The first-order valence-corrected chi connectivity index (χ1v) is 7.25. The number of nitrogens with one attached hydrogen (secondary N) is 1. The van der Waals surface area contributed by atoms with Crippen LogP contribution in [0.3, 0.4) is 0 Å². The summed E-state index contributed by atoms with van der Waals surface area (Å²) in [6.45, 7) is 5.24. The van der Waals surface area contributed by atoms with E-state index in [9.17, 15) is 0 Å². The lowest BCUT2D eigenvalue weighted by molar-refractivity contribution is -0.00949. The lowest BCUT2D eigenvalue weighted by atomic mass is 9.92. The van der Waals surface area contributed by atoms with Crippen molar-refractivity contribution in [1.82, 2.24) is 5.32 Å². The molecule has 16 heavy (non-hydrogen) atoms. The lowest BCUT2D eigenvalue weighted by Crippen LogP contribution is -2.39. The lowest BCUT2D eigenvalue weighted by Gasteiger charge is -2.32. The van der Waals surface area contributed by atoms with Gasteiger partial charge in [-0.1, -0.05) is 0 Å². The molecule has 0 bridgehead atoms. The van der Waals surface area contributed by atoms with Crippen molar-refractivity contribution in [1.29, 1.82) is 0 Å². The summed E-state index contributed by atoms with van der Waals surface area (Å²) in [6.07, 6.45) is 2.30. The van der Waals surface area contributed by atoms with Crippen LogP contribution in [0.5, 0.6) is 0 Å². The number of aryl methyl sites for hydroxylation is 1. The average molecular weight is 304 g/mol. The molecule has 0 spiro atoms. The summed E-state index contributed by atoms with van der Waals surface area (Å²) in [5.41, 5.74) is 1.26. The van der Waals surface area contributed by atoms with Crippen LogP contribution in [0.4, 0.5) is 0 Å². The molecular formula is C12H18BrNOS. The number of thiophene rings is 1. The second-order valence-corrected chi connectivity index (χ2v) is 6.99. The summed E-state index contributed by atoms with van der Waals surface area (Å²) in [7, 11) is 2.01. The molecule has 0 aliphatic carbocycles. The van der Waals surface area contributed by atoms with Gasteiger partial charge in [-0.05, 0) is 61.3 Å². The molecule has 0 amide bonds. The van der Waals surface area contributed by atoms with Crippen molar-refractivity contribution in [2.24, 2.45) is 0 Å².